The lowest BCUT2D eigenvalue weighted by atomic mass is 10.0. The van der Waals surface area contributed by atoms with Crippen molar-refractivity contribution >= 4 is 17.1 Å². The summed E-state index contributed by atoms with van der Waals surface area (Å²) in [7, 11) is 0. The SMILES string of the molecule is CCOC(=O)O[C@H]1CN(CCc2c[nH]c3ccc(F)cc23)CC[C@H]1O. The summed E-state index contributed by atoms with van der Waals surface area (Å²) in [4.78, 5) is 16.8. The highest BCUT2D eigenvalue weighted by atomic mass is 19.1. The van der Waals surface area contributed by atoms with Gasteiger partial charge >= 0.3 is 6.16 Å². The van der Waals surface area contributed by atoms with Crippen molar-refractivity contribution in [1.82, 2.24) is 9.88 Å². The van der Waals surface area contributed by atoms with Crippen molar-refractivity contribution in [3.63, 3.8) is 0 Å². The molecule has 1 saturated heterocycles. The van der Waals surface area contributed by atoms with Gasteiger partial charge in [-0.25, -0.2) is 9.18 Å². The molecule has 7 heteroatoms. The van der Waals surface area contributed by atoms with E-state index in [9.17, 15) is 14.3 Å². The number of hydrogen-bond acceptors (Lipinski definition) is 5. The molecular weight excluding hydrogens is 327 g/mol. The number of carbonyl (C=O) groups is 1. The first-order chi connectivity index (χ1) is 12.1. The second-order valence-corrected chi connectivity index (χ2v) is 6.25. The number of aliphatic hydroxyl groups excluding tert-OH is 1. The molecule has 1 aliphatic heterocycles. The van der Waals surface area contributed by atoms with Gasteiger partial charge in [0.15, 0.2) is 0 Å². The lowest BCUT2D eigenvalue weighted by Crippen LogP contribution is -2.49. The molecule has 2 aromatic rings. The average Bonchev–Trinajstić information content (AvgIpc) is 2.98. The Bertz CT molecular complexity index is 733. The first kappa shape index (κ1) is 17.7. The molecule has 0 bridgehead atoms. The number of H-pyrrole nitrogens is 1. The monoisotopic (exact) mass is 350 g/mol. The maximum atomic E-state index is 13.5. The fraction of sp³-hybridized carbons (Fsp3) is 0.500. The lowest BCUT2D eigenvalue weighted by Gasteiger charge is -2.35. The first-order valence-electron chi connectivity index (χ1n) is 8.56. The van der Waals surface area contributed by atoms with Crippen molar-refractivity contribution in [2.24, 2.45) is 0 Å². The number of hydrogen-bond donors (Lipinski definition) is 2. The predicted octanol–water partition coefficient (Wildman–Crippen LogP) is 2.46. The van der Waals surface area contributed by atoms with Gasteiger partial charge in [0, 0.05) is 36.7 Å². The van der Waals surface area contributed by atoms with E-state index in [2.05, 4.69) is 9.88 Å². The Morgan fingerprint density at radius 1 is 1.48 bits per heavy atom. The number of likely N-dealkylation sites (tertiary alicyclic amines) is 1. The van der Waals surface area contributed by atoms with Crippen LogP contribution in [-0.2, 0) is 15.9 Å². The minimum Gasteiger partial charge on any atom is -0.435 e. The van der Waals surface area contributed by atoms with Crippen molar-refractivity contribution in [3.05, 3.63) is 35.8 Å². The molecule has 0 saturated carbocycles. The standard InChI is InChI=1S/C18H23FN2O4/c1-2-24-18(23)25-17-11-21(8-6-16(17)22)7-5-12-10-20-15-4-3-13(19)9-14(12)15/h3-4,9-10,16-17,20,22H,2,5-8,11H2,1H3/t16-,17+/m1/s1. The molecule has 1 fully saturated rings. The topological polar surface area (TPSA) is 74.8 Å². The number of benzene rings is 1. The quantitative estimate of drug-likeness (QED) is 0.811. The molecule has 0 aliphatic carbocycles. The normalized spacial score (nSPS) is 21.4. The number of carbonyl (C=O) groups excluding carboxylic acids is 1. The molecule has 0 amide bonds. The molecule has 2 atom stereocenters. The third-order valence-corrected chi connectivity index (χ3v) is 4.55. The predicted molar refractivity (Wildman–Crippen MR) is 90.9 cm³/mol. The van der Waals surface area contributed by atoms with Gasteiger partial charge in [0.2, 0.25) is 0 Å². The van der Waals surface area contributed by atoms with Crippen LogP contribution in [0.25, 0.3) is 10.9 Å². The summed E-state index contributed by atoms with van der Waals surface area (Å²) in [6.45, 7) is 3.85. The molecular formula is C18H23FN2O4. The van der Waals surface area contributed by atoms with Crippen LogP contribution in [0.5, 0.6) is 0 Å². The number of rotatable bonds is 5. The van der Waals surface area contributed by atoms with Crippen LogP contribution < -0.4 is 0 Å². The third-order valence-electron chi connectivity index (χ3n) is 4.55. The largest absolute Gasteiger partial charge is 0.508 e. The molecule has 25 heavy (non-hydrogen) atoms. The summed E-state index contributed by atoms with van der Waals surface area (Å²) in [6.07, 6.45) is 1.16. The number of aromatic nitrogens is 1. The Labute approximate surface area is 145 Å². The zero-order chi connectivity index (χ0) is 17.8. The van der Waals surface area contributed by atoms with E-state index in [1.807, 2.05) is 6.20 Å². The van der Waals surface area contributed by atoms with Gasteiger partial charge in [-0.05, 0) is 43.5 Å². The fourth-order valence-corrected chi connectivity index (χ4v) is 3.20. The smallest absolute Gasteiger partial charge is 0.435 e. The van der Waals surface area contributed by atoms with E-state index in [-0.39, 0.29) is 12.4 Å². The maximum absolute atomic E-state index is 13.5. The van der Waals surface area contributed by atoms with E-state index in [4.69, 9.17) is 9.47 Å². The van der Waals surface area contributed by atoms with Gasteiger partial charge in [0.1, 0.15) is 11.9 Å². The molecule has 0 spiro atoms. The number of halogens is 1. The van der Waals surface area contributed by atoms with Crippen LogP contribution in [0.1, 0.15) is 18.9 Å². The van der Waals surface area contributed by atoms with Crippen LogP contribution in [0.4, 0.5) is 9.18 Å². The number of aromatic amines is 1. The highest BCUT2D eigenvalue weighted by molar-refractivity contribution is 5.83. The van der Waals surface area contributed by atoms with E-state index in [1.54, 1.807) is 13.0 Å². The van der Waals surface area contributed by atoms with Gasteiger partial charge in [-0.3, -0.25) is 4.90 Å². The summed E-state index contributed by atoms with van der Waals surface area (Å²) < 4.78 is 23.4. The van der Waals surface area contributed by atoms with Gasteiger partial charge < -0.3 is 19.6 Å². The van der Waals surface area contributed by atoms with Crippen LogP contribution in [-0.4, -0.2) is 59.6 Å². The van der Waals surface area contributed by atoms with Gasteiger partial charge in [0.25, 0.3) is 0 Å². The summed E-state index contributed by atoms with van der Waals surface area (Å²) in [5, 5.41) is 10.9. The van der Waals surface area contributed by atoms with Crippen LogP contribution in [0.2, 0.25) is 0 Å². The zero-order valence-corrected chi connectivity index (χ0v) is 14.2. The Morgan fingerprint density at radius 3 is 3.12 bits per heavy atom. The van der Waals surface area contributed by atoms with Gasteiger partial charge in [-0.15, -0.1) is 0 Å². The van der Waals surface area contributed by atoms with Gasteiger partial charge in [-0.2, -0.15) is 0 Å². The first-order valence-corrected chi connectivity index (χ1v) is 8.56. The van der Waals surface area contributed by atoms with Crippen LogP contribution in [0, 0.1) is 5.82 Å². The molecule has 1 aromatic heterocycles. The third kappa shape index (κ3) is 4.29. The maximum Gasteiger partial charge on any atom is 0.508 e. The van der Waals surface area contributed by atoms with Crippen molar-refractivity contribution in [2.75, 3.05) is 26.2 Å². The second kappa shape index (κ2) is 7.84. The van der Waals surface area contributed by atoms with Crippen LogP contribution in [0.15, 0.2) is 24.4 Å². The minimum atomic E-state index is -0.750. The minimum absolute atomic E-state index is 0.239. The van der Waals surface area contributed by atoms with E-state index in [1.165, 1.54) is 12.1 Å². The summed E-state index contributed by atoms with van der Waals surface area (Å²) in [5.41, 5.74) is 1.96. The molecule has 136 valence electrons. The highest BCUT2D eigenvalue weighted by Crippen LogP contribution is 2.21. The van der Waals surface area contributed by atoms with E-state index in [0.717, 1.165) is 36.0 Å². The van der Waals surface area contributed by atoms with Gasteiger partial charge in [0.05, 0.1) is 12.7 Å². The van der Waals surface area contributed by atoms with Crippen molar-refractivity contribution in [3.8, 4) is 0 Å². The Kier molecular flexibility index (Phi) is 5.55. The van der Waals surface area contributed by atoms with Crippen molar-refractivity contribution in [2.45, 2.75) is 32.0 Å². The number of nitrogens with zero attached hydrogens (tertiary/aromatic N) is 1. The van der Waals surface area contributed by atoms with Gasteiger partial charge in [-0.1, -0.05) is 0 Å². The zero-order valence-electron chi connectivity index (χ0n) is 14.2. The summed E-state index contributed by atoms with van der Waals surface area (Å²) in [5.74, 6) is -0.252. The molecule has 0 unspecified atom stereocenters. The summed E-state index contributed by atoms with van der Waals surface area (Å²) >= 11 is 0. The Morgan fingerprint density at radius 2 is 2.32 bits per heavy atom. The molecule has 6 nitrogen and oxygen atoms in total. The molecule has 1 aliphatic rings. The number of aliphatic hydroxyl groups is 1. The van der Waals surface area contributed by atoms with Crippen molar-refractivity contribution in [1.29, 1.82) is 0 Å². The second-order valence-electron chi connectivity index (χ2n) is 6.25. The fourth-order valence-electron chi connectivity index (χ4n) is 3.20. The molecule has 1 aromatic carbocycles. The summed E-state index contributed by atoms with van der Waals surface area (Å²) in [6, 6.07) is 4.70. The number of piperidine rings is 1. The molecule has 0 radical (unpaired) electrons. The lowest BCUT2D eigenvalue weighted by molar-refractivity contribution is -0.0670. The van der Waals surface area contributed by atoms with Crippen LogP contribution in [0.3, 0.4) is 0 Å². The van der Waals surface area contributed by atoms with E-state index < -0.39 is 18.4 Å². The number of ether oxygens (including phenoxy) is 2. The highest BCUT2D eigenvalue weighted by Gasteiger charge is 2.31. The van der Waals surface area contributed by atoms with Crippen molar-refractivity contribution < 1.29 is 23.8 Å². The number of nitrogens with one attached hydrogen (secondary N) is 1. The molecule has 3 rings (SSSR count). The molecule has 2 N–H and O–H groups in total. The Balaban J connectivity index is 1.59. The average molecular weight is 350 g/mol. The number of fused-ring (bicyclic) bond motifs is 1. The van der Waals surface area contributed by atoms with E-state index >= 15 is 0 Å². The van der Waals surface area contributed by atoms with E-state index in [0.29, 0.717) is 13.0 Å². The molecule has 2 heterocycles. The van der Waals surface area contributed by atoms with Crippen LogP contribution >= 0.6 is 0 Å². The Hall–Kier alpha value is -2.12.